The Labute approximate surface area is 170 Å². The summed E-state index contributed by atoms with van der Waals surface area (Å²) < 4.78 is 5.74. The molecule has 0 unspecified atom stereocenters. The number of aromatic amines is 1. The summed E-state index contributed by atoms with van der Waals surface area (Å²) in [4.78, 5) is 15.1. The van der Waals surface area contributed by atoms with Crippen LogP contribution in [-0.4, -0.2) is 18.2 Å². The molecule has 0 spiro atoms. The van der Waals surface area contributed by atoms with Crippen LogP contribution in [0.25, 0.3) is 10.9 Å². The highest BCUT2D eigenvalue weighted by molar-refractivity contribution is 5.78. The first-order valence-corrected chi connectivity index (χ1v) is 11.5. The number of unbranched alkanes of at least 4 members (excludes halogenated alkanes) is 10. The van der Waals surface area contributed by atoms with Crippen LogP contribution in [0.2, 0.25) is 0 Å². The van der Waals surface area contributed by atoms with E-state index in [0.717, 1.165) is 42.5 Å². The maximum atomic E-state index is 12.1. The van der Waals surface area contributed by atoms with Crippen LogP contribution in [0.5, 0.6) is 0 Å². The van der Waals surface area contributed by atoms with E-state index in [1.807, 2.05) is 18.2 Å². The number of ether oxygens (including phenoxy) is 1. The van der Waals surface area contributed by atoms with E-state index in [1.165, 1.54) is 70.6 Å². The first-order valence-electron chi connectivity index (χ1n) is 11.5. The van der Waals surface area contributed by atoms with Gasteiger partial charge in [0.15, 0.2) is 0 Å². The number of aromatic nitrogens is 1. The molecule has 0 amide bonds. The standard InChI is InChI=1S/C25H39NO2/c1-2-3-4-5-9-14-19-28-20-15-10-7-6-8-11-17-23-21-22-16-12-13-18-24(22)26-25(23)27/h12-13,16,18,21H,2-11,14-15,17,19-20H2,1H3,(H,26,27). The highest BCUT2D eigenvalue weighted by atomic mass is 16.5. The Morgan fingerprint density at radius 1 is 0.786 bits per heavy atom. The minimum absolute atomic E-state index is 0.0706. The van der Waals surface area contributed by atoms with Crippen molar-refractivity contribution in [2.24, 2.45) is 0 Å². The average molecular weight is 386 g/mol. The number of rotatable bonds is 16. The van der Waals surface area contributed by atoms with Gasteiger partial charge in [0, 0.05) is 24.3 Å². The molecule has 1 aromatic carbocycles. The maximum absolute atomic E-state index is 12.1. The van der Waals surface area contributed by atoms with Crippen LogP contribution in [0, 0.1) is 0 Å². The summed E-state index contributed by atoms with van der Waals surface area (Å²) in [5.74, 6) is 0. The Morgan fingerprint density at radius 2 is 1.39 bits per heavy atom. The number of benzene rings is 1. The molecule has 0 aliphatic rings. The van der Waals surface area contributed by atoms with Crippen LogP contribution in [0.15, 0.2) is 35.1 Å². The normalized spacial score (nSPS) is 11.3. The van der Waals surface area contributed by atoms with Gasteiger partial charge < -0.3 is 9.72 Å². The van der Waals surface area contributed by atoms with Gasteiger partial charge >= 0.3 is 0 Å². The van der Waals surface area contributed by atoms with Gasteiger partial charge in [-0.1, -0.05) is 82.9 Å². The highest BCUT2D eigenvalue weighted by Gasteiger charge is 2.02. The molecule has 156 valence electrons. The van der Waals surface area contributed by atoms with Crippen LogP contribution < -0.4 is 5.56 Å². The smallest absolute Gasteiger partial charge is 0.251 e. The van der Waals surface area contributed by atoms with Crippen molar-refractivity contribution >= 4 is 10.9 Å². The number of H-pyrrole nitrogens is 1. The van der Waals surface area contributed by atoms with E-state index in [9.17, 15) is 4.79 Å². The molecule has 0 saturated carbocycles. The molecule has 0 aliphatic carbocycles. The minimum atomic E-state index is 0.0706. The quantitative estimate of drug-likeness (QED) is 0.323. The SMILES string of the molecule is CCCCCCCCOCCCCCCCCc1cc2ccccc2[nH]c1=O. The third kappa shape index (κ3) is 9.05. The molecular weight excluding hydrogens is 346 g/mol. The average Bonchev–Trinajstić information content (AvgIpc) is 2.71. The van der Waals surface area contributed by atoms with E-state index in [-0.39, 0.29) is 5.56 Å². The number of hydrogen-bond acceptors (Lipinski definition) is 2. The van der Waals surface area contributed by atoms with Crippen molar-refractivity contribution < 1.29 is 4.74 Å². The second-order valence-electron chi connectivity index (χ2n) is 7.96. The second kappa shape index (κ2) is 14.4. The molecule has 0 saturated heterocycles. The molecule has 3 heteroatoms. The molecule has 3 nitrogen and oxygen atoms in total. The first-order chi connectivity index (χ1) is 13.8. The summed E-state index contributed by atoms with van der Waals surface area (Å²) in [6, 6.07) is 10.0. The summed E-state index contributed by atoms with van der Waals surface area (Å²) in [7, 11) is 0. The molecule has 0 atom stereocenters. The van der Waals surface area contributed by atoms with Crippen molar-refractivity contribution in [2.75, 3.05) is 13.2 Å². The van der Waals surface area contributed by atoms with Crippen LogP contribution in [0.1, 0.15) is 89.5 Å². The van der Waals surface area contributed by atoms with Gasteiger partial charge in [0.05, 0.1) is 0 Å². The third-order valence-corrected chi connectivity index (χ3v) is 5.46. The largest absolute Gasteiger partial charge is 0.381 e. The number of pyridine rings is 1. The summed E-state index contributed by atoms with van der Waals surface area (Å²) in [5, 5.41) is 1.12. The fourth-order valence-corrected chi connectivity index (χ4v) is 3.69. The van der Waals surface area contributed by atoms with Crippen molar-refractivity contribution in [1.29, 1.82) is 0 Å². The number of nitrogens with one attached hydrogen (secondary N) is 1. The van der Waals surface area contributed by atoms with Crippen molar-refractivity contribution in [1.82, 2.24) is 4.98 Å². The predicted molar refractivity (Wildman–Crippen MR) is 120 cm³/mol. The van der Waals surface area contributed by atoms with E-state index < -0.39 is 0 Å². The van der Waals surface area contributed by atoms with Gasteiger partial charge in [-0.3, -0.25) is 4.79 Å². The summed E-state index contributed by atoms with van der Waals surface area (Å²) >= 11 is 0. The molecule has 2 aromatic rings. The number of fused-ring (bicyclic) bond motifs is 1. The summed E-state index contributed by atoms with van der Waals surface area (Å²) in [6.45, 7) is 4.11. The van der Waals surface area contributed by atoms with Crippen molar-refractivity contribution in [3.63, 3.8) is 0 Å². The third-order valence-electron chi connectivity index (χ3n) is 5.46. The van der Waals surface area contributed by atoms with E-state index in [2.05, 4.69) is 24.0 Å². The molecule has 1 heterocycles. The minimum Gasteiger partial charge on any atom is -0.381 e. The number of hydrogen-bond donors (Lipinski definition) is 1. The Bertz CT molecular complexity index is 707. The number of para-hydroxylation sites is 1. The summed E-state index contributed by atoms with van der Waals surface area (Å²) in [5.41, 5.74) is 1.91. The maximum Gasteiger partial charge on any atom is 0.251 e. The molecule has 1 aromatic heterocycles. The van der Waals surface area contributed by atoms with Crippen molar-refractivity contribution in [2.45, 2.75) is 90.4 Å². The van der Waals surface area contributed by atoms with Gasteiger partial charge in [0.2, 0.25) is 0 Å². The lowest BCUT2D eigenvalue weighted by molar-refractivity contribution is 0.125. The first kappa shape index (κ1) is 22.7. The van der Waals surface area contributed by atoms with Gasteiger partial charge in [-0.15, -0.1) is 0 Å². The summed E-state index contributed by atoms with van der Waals surface area (Å²) in [6.07, 6.45) is 16.1. The molecule has 0 radical (unpaired) electrons. The van der Waals surface area contributed by atoms with Crippen LogP contribution >= 0.6 is 0 Å². The lowest BCUT2D eigenvalue weighted by atomic mass is 10.0. The van der Waals surface area contributed by atoms with Crippen LogP contribution in [-0.2, 0) is 11.2 Å². The van der Waals surface area contributed by atoms with E-state index in [0.29, 0.717) is 0 Å². The van der Waals surface area contributed by atoms with Crippen molar-refractivity contribution in [3.8, 4) is 0 Å². The lowest BCUT2D eigenvalue weighted by Crippen LogP contribution is -2.12. The topological polar surface area (TPSA) is 42.1 Å². The molecule has 0 aliphatic heterocycles. The predicted octanol–water partition coefficient (Wildman–Crippen LogP) is 6.79. The molecule has 2 rings (SSSR count). The van der Waals surface area contributed by atoms with Gasteiger partial charge in [-0.2, -0.15) is 0 Å². The number of aryl methyl sites for hydroxylation is 1. The van der Waals surface area contributed by atoms with Gasteiger partial charge in [0.1, 0.15) is 0 Å². The second-order valence-corrected chi connectivity index (χ2v) is 7.96. The van der Waals surface area contributed by atoms with E-state index in [4.69, 9.17) is 4.74 Å². The molecular formula is C25H39NO2. The van der Waals surface area contributed by atoms with Crippen molar-refractivity contribution in [3.05, 3.63) is 46.2 Å². The monoisotopic (exact) mass is 385 g/mol. The van der Waals surface area contributed by atoms with Gasteiger partial charge in [-0.25, -0.2) is 0 Å². The van der Waals surface area contributed by atoms with Crippen LogP contribution in [0.3, 0.4) is 0 Å². The van der Waals surface area contributed by atoms with Crippen LogP contribution in [0.4, 0.5) is 0 Å². The molecule has 0 bridgehead atoms. The Hall–Kier alpha value is -1.61. The molecule has 0 fully saturated rings. The zero-order chi connectivity index (χ0) is 19.9. The fraction of sp³-hybridized carbons (Fsp3) is 0.640. The lowest BCUT2D eigenvalue weighted by Gasteiger charge is -2.05. The van der Waals surface area contributed by atoms with E-state index >= 15 is 0 Å². The molecule has 28 heavy (non-hydrogen) atoms. The zero-order valence-electron chi connectivity index (χ0n) is 17.8. The Kier molecular flexibility index (Phi) is 11.7. The fourth-order valence-electron chi connectivity index (χ4n) is 3.69. The highest BCUT2D eigenvalue weighted by Crippen LogP contribution is 2.13. The Morgan fingerprint density at radius 3 is 2.11 bits per heavy atom. The van der Waals surface area contributed by atoms with E-state index in [1.54, 1.807) is 0 Å². The Balaban J connectivity index is 1.43. The van der Waals surface area contributed by atoms with Gasteiger partial charge in [-0.05, 0) is 43.2 Å². The zero-order valence-corrected chi connectivity index (χ0v) is 17.8. The molecule has 1 N–H and O–H groups in total. The van der Waals surface area contributed by atoms with Gasteiger partial charge in [0.25, 0.3) is 5.56 Å².